The molecule has 0 N–H and O–H groups in total. The lowest BCUT2D eigenvalue weighted by atomic mass is 10.1. The first-order valence-electron chi connectivity index (χ1n) is 8.49. The van der Waals surface area contributed by atoms with Gasteiger partial charge in [-0.25, -0.2) is 4.98 Å². The topological polar surface area (TPSA) is 55.2 Å². The van der Waals surface area contributed by atoms with E-state index in [4.69, 9.17) is 0 Å². The fourth-order valence-corrected chi connectivity index (χ4v) is 5.43. The number of carbonyl (C=O) groups is 1. The van der Waals surface area contributed by atoms with E-state index in [1.807, 2.05) is 30.0 Å². The number of benzene rings is 1. The van der Waals surface area contributed by atoms with Gasteiger partial charge in [-0.05, 0) is 31.0 Å². The van der Waals surface area contributed by atoms with Crippen LogP contribution in [0.2, 0.25) is 0 Å². The Kier molecular flexibility index (Phi) is 4.36. The van der Waals surface area contributed by atoms with Gasteiger partial charge in [0.15, 0.2) is 0 Å². The monoisotopic (exact) mass is 385 g/mol. The predicted molar refractivity (Wildman–Crippen MR) is 108 cm³/mol. The summed E-state index contributed by atoms with van der Waals surface area (Å²) in [6, 6.07) is 8.03. The molecule has 3 heterocycles. The number of hydrogen-bond donors (Lipinski definition) is 0. The highest BCUT2D eigenvalue weighted by atomic mass is 32.2. The molecular weight excluding hydrogens is 366 g/mol. The minimum atomic E-state index is -0.108. The van der Waals surface area contributed by atoms with Gasteiger partial charge in [0.2, 0.25) is 0 Å². The zero-order valence-corrected chi connectivity index (χ0v) is 16.5. The van der Waals surface area contributed by atoms with Gasteiger partial charge in [-0.15, -0.1) is 23.1 Å². The van der Waals surface area contributed by atoms with Gasteiger partial charge in [0.05, 0.1) is 22.3 Å². The summed E-state index contributed by atoms with van der Waals surface area (Å²) in [5.74, 6) is -0.0466. The molecule has 0 fully saturated rings. The molecule has 1 amide bonds. The Morgan fingerprint density at radius 1 is 1.31 bits per heavy atom. The standard InChI is InChI=1S/C19H19N3O2S2/c1-11-8-9-22(13-6-4-5-7-14(13)25-11)19(24)16-12(2)15-17(26-16)20-10-21(3)18(15)23/h4-7,10-11H,8-9H2,1-3H3. The molecule has 0 saturated carbocycles. The summed E-state index contributed by atoms with van der Waals surface area (Å²) in [5, 5.41) is 1.00. The Hall–Kier alpha value is -2.12. The zero-order chi connectivity index (χ0) is 18.4. The second-order valence-electron chi connectivity index (χ2n) is 6.54. The third-order valence-electron chi connectivity index (χ3n) is 4.69. The second kappa shape index (κ2) is 6.55. The summed E-state index contributed by atoms with van der Waals surface area (Å²) in [6.45, 7) is 4.70. The van der Waals surface area contributed by atoms with E-state index in [9.17, 15) is 9.59 Å². The quantitative estimate of drug-likeness (QED) is 0.639. The van der Waals surface area contributed by atoms with E-state index in [0.717, 1.165) is 22.6 Å². The van der Waals surface area contributed by atoms with E-state index in [1.54, 1.807) is 18.8 Å². The van der Waals surface area contributed by atoms with E-state index >= 15 is 0 Å². The van der Waals surface area contributed by atoms with Gasteiger partial charge in [0.1, 0.15) is 4.83 Å². The largest absolute Gasteiger partial charge is 0.306 e. The molecule has 2 aromatic heterocycles. The van der Waals surface area contributed by atoms with Gasteiger partial charge in [0, 0.05) is 23.7 Å². The van der Waals surface area contributed by atoms with Crippen LogP contribution in [0.5, 0.6) is 0 Å². The summed E-state index contributed by atoms with van der Waals surface area (Å²) in [6.07, 6.45) is 2.43. The molecule has 0 radical (unpaired) electrons. The van der Waals surface area contributed by atoms with Crippen LogP contribution >= 0.6 is 23.1 Å². The molecule has 0 bridgehead atoms. The number of hydrogen-bond acceptors (Lipinski definition) is 5. The third-order valence-corrected chi connectivity index (χ3v) is 7.12. The second-order valence-corrected chi connectivity index (χ2v) is 9.02. The van der Waals surface area contributed by atoms with Crippen molar-refractivity contribution in [1.82, 2.24) is 9.55 Å². The van der Waals surface area contributed by atoms with Gasteiger partial charge < -0.3 is 9.47 Å². The number of nitrogens with zero attached hydrogens (tertiary/aromatic N) is 3. The fourth-order valence-electron chi connectivity index (χ4n) is 3.23. The van der Waals surface area contributed by atoms with Crippen LogP contribution in [0.4, 0.5) is 5.69 Å². The van der Waals surface area contributed by atoms with Gasteiger partial charge in [-0.3, -0.25) is 9.59 Å². The van der Waals surface area contributed by atoms with E-state index < -0.39 is 0 Å². The van der Waals surface area contributed by atoms with Crippen LogP contribution in [-0.2, 0) is 7.05 Å². The first-order valence-corrected chi connectivity index (χ1v) is 10.2. The summed E-state index contributed by atoms with van der Waals surface area (Å²) < 4.78 is 1.45. The molecule has 1 atom stereocenters. The maximum absolute atomic E-state index is 13.4. The number of para-hydroxylation sites is 1. The Morgan fingerprint density at radius 3 is 2.88 bits per heavy atom. The number of thioether (sulfide) groups is 1. The van der Waals surface area contributed by atoms with E-state index in [-0.39, 0.29) is 11.5 Å². The molecule has 0 saturated heterocycles. The average molecular weight is 386 g/mol. The van der Waals surface area contributed by atoms with Crippen molar-refractivity contribution < 1.29 is 4.79 Å². The highest BCUT2D eigenvalue weighted by Gasteiger charge is 2.28. The van der Waals surface area contributed by atoms with Crippen LogP contribution < -0.4 is 10.5 Å². The number of aryl methyl sites for hydroxylation is 2. The maximum Gasteiger partial charge on any atom is 0.268 e. The lowest BCUT2D eigenvalue weighted by Gasteiger charge is -2.22. The first kappa shape index (κ1) is 17.3. The molecule has 1 aromatic carbocycles. The molecular formula is C19H19N3O2S2. The molecule has 1 aliphatic rings. The van der Waals surface area contributed by atoms with Crippen molar-refractivity contribution >= 4 is 44.9 Å². The maximum atomic E-state index is 13.4. The molecule has 3 aromatic rings. The molecule has 1 aliphatic heterocycles. The molecule has 5 nitrogen and oxygen atoms in total. The summed E-state index contributed by atoms with van der Waals surface area (Å²) >= 11 is 3.11. The Bertz CT molecular complexity index is 1070. The molecule has 4 rings (SSSR count). The number of carbonyl (C=O) groups excluding carboxylic acids is 1. The van der Waals surface area contributed by atoms with Gasteiger partial charge in [-0.2, -0.15) is 0 Å². The smallest absolute Gasteiger partial charge is 0.268 e. The van der Waals surface area contributed by atoms with Crippen LogP contribution in [0, 0.1) is 6.92 Å². The predicted octanol–water partition coefficient (Wildman–Crippen LogP) is 3.83. The van der Waals surface area contributed by atoms with Crippen molar-refractivity contribution in [3.8, 4) is 0 Å². The minimum Gasteiger partial charge on any atom is -0.306 e. The number of amides is 1. The number of fused-ring (bicyclic) bond motifs is 2. The molecule has 134 valence electrons. The fraction of sp³-hybridized carbons (Fsp3) is 0.316. The van der Waals surface area contributed by atoms with Gasteiger partial charge >= 0.3 is 0 Å². The van der Waals surface area contributed by atoms with Crippen molar-refractivity contribution in [3.05, 3.63) is 51.4 Å². The number of aromatic nitrogens is 2. The van der Waals surface area contributed by atoms with Crippen LogP contribution in [0.15, 0.2) is 40.3 Å². The first-order chi connectivity index (χ1) is 12.5. The van der Waals surface area contributed by atoms with Crippen molar-refractivity contribution in [2.24, 2.45) is 7.05 Å². The Labute approximate surface area is 159 Å². The number of anilines is 1. The van der Waals surface area contributed by atoms with Crippen molar-refractivity contribution in [2.75, 3.05) is 11.4 Å². The molecule has 0 aliphatic carbocycles. The van der Waals surface area contributed by atoms with Gasteiger partial charge in [-0.1, -0.05) is 19.1 Å². The van der Waals surface area contributed by atoms with Crippen molar-refractivity contribution in [3.63, 3.8) is 0 Å². The highest BCUT2D eigenvalue weighted by molar-refractivity contribution is 8.00. The van der Waals surface area contributed by atoms with Gasteiger partial charge in [0.25, 0.3) is 11.5 Å². The summed E-state index contributed by atoms with van der Waals surface area (Å²) in [7, 11) is 1.68. The van der Waals surface area contributed by atoms with Crippen molar-refractivity contribution in [2.45, 2.75) is 30.4 Å². The molecule has 1 unspecified atom stereocenters. The normalized spacial score (nSPS) is 17.2. The number of thiophene rings is 1. The molecule has 26 heavy (non-hydrogen) atoms. The minimum absolute atomic E-state index is 0.0466. The highest BCUT2D eigenvalue weighted by Crippen LogP contribution is 2.39. The lowest BCUT2D eigenvalue weighted by Crippen LogP contribution is -2.32. The van der Waals surface area contributed by atoms with Crippen LogP contribution in [0.1, 0.15) is 28.6 Å². The molecule has 7 heteroatoms. The Balaban J connectivity index is 1.84. The van der Waals surface area contributed by atoms with Crippen LogP contribution in [0.25, 0.3) is 10.2 Å². The summed E-state index contributed by atoms with van der Waals surface area (Å²) in [4.78, 5) is 34.4. The molecule has 0 spiro atoms. The lowest BCUT2D eigenvalue weighted by molar-refractivity contribution is 0.0990. The van der Waals surface area contributed by atoms with E-state index in [0.29, 0.717) is 26.9 Å². The third kappa shape index (κ3) is 2.75. The summed E-state index contributed by atoms with van der Waals surface area (Å²) in [5.41, 5.74) is 1.57. The van der Waals surface area contributed by atoms with E-state index in [1.165, 1.54) is 22.2 Å². The Morgan fingerprint density at radius 2 is 2.08 bits per heavy atom. The van der Waals surface area contributed by atoms with Crippen LogP contribution in [0.3, 0.4) is 0 Å². The van der Waals surface area contributed by atoms with Crippen molar-refractivity contribution in [1.29, 1.82) is 0 Å². The number of rotatable bonds is 1. The SMILES string of the molecule is Cc1c(C(=O)N2CCC(C)Sc3ccccc32)sc2ncn(C)c(=O)c12. The average Bonchev–Trinajstić information content (AvgIpc) is 2.86. The van der Waals surface area contributed by atoms with Crippen LogP contribution in [-0.4, -0.2) is 27.3 Å². The van der Waals surface area contributed by atoms with E-state index in [2.05, 4.69) is 18.0 Å². The zero-order valence-electron chi connectivity index (χ0n) is 14.9.